The van der Waals surface area contributed by atoms with E-state index in [2.05, 4.69) is 5.32 Å². The summed E-state index contributed by atoms with van der Waals surface area (Å²) in [5.41, 5.74) is 0. The van der Waals surface area contributed by atoms with Gasteiger partial charge in [0, 0.05) is 17.3 Å². The Morgan fingerprint density at radius 1 is 1.47 bits per heavy atom. The molecular formula is C13H23NO4S. The number of thioether (sulfide) groups is 1. The fourth-order valence-corrected chi connectivity index (χ4v) is 2.55. The Morgan fingerprint density at radius 2 is 2.16 bits per heavy atom. The van der Waals surface area contributed by atoms with Crippen LogP contribution in [0, 0.1) is 5.92 Å². The highest BCUT2D eigenvalue weighted by Gasteiger charge is 2.31. The normalized spacial score (nSPS) is 21.7. The van der Waals surface area contributed by atoms with E-state index in [-0.39, 0.29) is 22.3 Å². The Morgan fingerprint density at radius 3 is 2.63 bits per heavy atom. The zero-order valence-electron chi connectivity index (χ0n) is 11.8. The Balaban J connectivity index is 2.48. The van der Waals surface area contributed by atoms with Crippen LogP contribution in [0.3, 0.4) is 0 Å². The molecule has 1 saturated heterocycles. The van der Waals surface area contributed by atoms with E-state index >= 15 is 0 Å². The van der Waals surface area contributed by atoms with Crippen LogP contribution in [0.5, 0.6) is 0 Å². The van der Waals surface area contributed by atoms with Crippen molar-refractivity contribution in [1.29, 1.82) is 0 Å². The number of carbonyl (C=O) groups is 2. The van der Waals surface area contributed by atoms with Crippen LogP contribution >= 0.6 is 11.8 Å². The first-order valence-corrected chi connectivity index (χ1v) is 7.52. The monoisotopic (exact) mass is 289 g/mol. The van der Waals surface area contributed by atoms with E-state index in [0.29, 0.717) is 13.2 Å². The molecule has 0 aliphatic carbocycles. The van der Waals surface area contributed by atoms with Crippen LogP contribution in [0.1, 0.15) is 33.6 Å². The van der Waals surface area contributed by atoms with Crippen molar-refractivity contribution in [3.8, 4) is 0 Å². The number of carboxylic acids is 1. The molecule has 0 aromatic heterocycles. The van der Waals surface area contributed by atoms with Gasteiger partial charge in [0.1, 0.15) is 6.04 Å². The highest BCUT2D eigenvalue weighted by Crippen LogP contribution is 2.23. The predicted octanol–water partition coefficient (Wildman–Crippen LogP) is 1.51. The topological polar surface area (TPSA) is 75.6 Å². The summed E-state index contributed by atoms with van der Waals surface area (Å²) in [5, 5.41) is 11.8. The molecule has 0 radical (unpaired) electrons. The largest absolute Gasteiger partial charge is 0.480 e. The van der Waals surface area contributed by atoms with Gasteiger partial charge in [0.15, 0.2) is 0 Å². The molecule has 2 unspecified atom stereocenters. The van der Waals surface area contributed by atoms with Crippen molar-refractivity contribution in [2.75, 3.05) is 19.0 Å². The number of ether oxygens (including phenoxy) is 1. The van der Waals surface area contributed by atoms with Gasteiger partial charge in [-0.05, 0) is 12.8 Å². The predicted molar refractivity (Wildman–Crippen MR) is 75.3 cm³/mol. The standard InChI is InChI=1S/C13H23NO4S/c1-13(2,3)19-8-10(15)14-11(12(16)17)9-5-4-6-18-7-9/h9,11H,4-8H2,1-3H3,(H,14,15)(H,16,17). The van der Waals surface area contributed by atoms with Gasteiger partial charge >= 0.3 is 5.97 Å². The van der Waals surface area contributed by atoms with E-state index in [4.69, 9.17) is 4.74 Å². The molecule has 1 fully saturated rings. The number of nitrogens with one attached hydrogen (secondary N) is 1. The molecule has 0 spiro atoms. The van der Waals surface area contributed by atoms with Crippen LogP contribution < -0.4 is 5.32 Å². The first-order valence-electron chi connectivity index (χ1n) is 6.53. The summed E-state index contributed by atoms with van der Waals surface area (Å²) < 4.78 is 5.28. The quantitative estimate of drug-likeness (QED) is 0.802. The summed E-state index contributed by atoms with van der Waals surface area (Å²) in [6.07, 6.45) is 1.63. The minimum atomic E-state index is -0.982. The second-order valence-electron chi connectivity index (χ2n) is 5.76. The highest BCUT2D eigenvalue weighted by atomic mass is 32.2. The Labute approximate surface area is 118 Å². The summed E-state index contributed by atoms with van der Waals surface area (Å²) in [6.45, 7) is 7.15. The van der Waals surface area contributed by atoms with E-state index in [1.807, 2.05) is 20.8 Å². The first-order chi connectivity index (χ1) is 8.79. The lowest BCUT2D eigenvalue weighted by Gasteiger charge is -2.28. The van der Waals surface area contributed by atoms with Gasteiger partial charge < -0.3 is 15.2 Å². The lowest BCUT2D eigenvalue weighted by Crippen LogP contribution is -2.49. The summed E-state index contributed by atoms with van der Waals surface area (Å²) in [6, 6.07) is -0.839. The summed E-state index contributed by atoms with van der Waals surface area (Å²) in [5.74, 6) is -1.06. The Bertz CT molecular complexity index is 321. The molecule has 1 heterocycles. The average Bonchev–Trinajstić information content (AvgIpc) is 2.33. The zero-order valence-corrected chi connectivity index (χ0v) is 12.6. The molecule has 110 valence electrons. The Kier molecular flexibility index (Phi) is 6.13. The van der Waals surface area contributed by atoms with Crippen molar-refractivity contribution >= 4 is 23.6 Å². The molecule has 1 aliphatic heterocycles. The number of hydrogen-bond acceptors (Lipinski definition) is 4. The lowest BCUT2D eigenvalue weighted by molar-refractivity contribution is -0.144. The number of carbonyl (C=O) groups excluding carboxylic acids is 1. The molecule has 1 amide bonds. The van der Waals surface area contributed by atoms with Crippen LogP contribution in [0.25, 0.3) is 0 Å². The van der Waals surface area contributed by atoms with Crippen LogP contribution in [-0.4, -0.2) is 46.7 Å². The minimum Gasteiger partial charge on any atom is -0.480 e. The lowest BCUT2D eigenvalue weighted by atomic mass is 9.94. The summed E-state index contributed by atoms with van der Waals surface area (Å²) in [7, 11) is 0. The van der Waals surface area contributed by atoms with Gasteiger partial charge in [-0.2, -0.15) is 0 Å². The smallest absolute Gasteiger partial charge is 0.326 e. The van der Waals surface area contributed by atoms with Crippen LogP contribution in [-0.2, 0) is 14.3 Å². The second kappa shape index (κ2) is 7.14. The summed E-state index contributed by atoms with van der Waals surface area (Å²) >= 11 is 1.51. The fraction of sp³-hybridized carbons (Fsp3) is 0.846. The van der Waals surface area contributed by atoms with Crippen LogP contribution in [0.4, 0.5) is 0 Å². The van der Waals surface area contributed by atoms with Crippen molar-refractivity contribution in [2.45, 2.75) is 44.4 Å². The molecule has 2 N–H and O–H groups in total. The maximum Gasteiger partial charge on any atom is 0.326 e. The van der Waals surface area contributed by atoms with Gasteiger partial charge in [0.05, 0.1) is 12.4 Å². The third kappa shape index (κ3) is 6.29. The van der Waals surface area contributed by atoms with Gasteiger partial charge in [0.2, 0.25) is 5.91 Å². The van der Waals surface area contributed by atoms with Crippen LogP contribution in [0.15, 0.2) is 0 Å². The van der Waals surface area contributed by atoms with Crippen molar-refractivity contribution in [3.05, 3.63) is 0 Å². The number of amides is 1. The zero-order chi connectivity index (χ0) is 14.5. The van der Waals surface area contributed by atoms with E-state index in [0.717, 1.165) is 12.8 Å². The molecule has 6 heteroatoms. The molecule has 19 heavy (non-hydrogen) atoms. The van der Waals surface area contributed by atoms with Crippen molar-refractivity contribution in [2.24, 2.45) is 5.92 Å². The molecule has 5 nitrogen and oxygen atoms in total. The van der Waals surface area contributed by atoms with Gasteiger partial charge in [0.25, 0.3) is 0 Å². The molecule has 1 aliphatic rings. The van der Waals surface area contributed by atoms with Crippen LogP contribution in [0.2, 0.25) is 0 Å². The average molecular weight is 289 g/mol. The molecule has 0 aromatic carbocycles. The third-order valence-corrected chi connectivity index (χ3v) is 4.16. The third-order valence-electron chi connectivity index (χ3n) is 2.89. The van der Waals surface area contributed by atoms with E-state index in [9.17, 15) is 14.7 Å². The Hall–Kier alpha value is -0.750. The number of aliphatic carboxylic acids is 1. The summed E-state index contributed by atoms with van der Waals surface area (Å²) in [4.78, 5) is 23.1. The minimum absolute atomic E-state index is 0.00991. The SMILES string of the molecule is CC(C)(C)SCC(=O)NC(C(=O)O)C1CCCOC1. The molecular weight excluding hydrogens is 266 g/mol. The van der Waals surface area contributed by atoms with Crippen molar-refractivity contribution < 1.29 is 19.4 Å². The molecule has 0 aromatic rings. The number of hydrogen-bond donors (Lipinski definition) is 2. The van der Waals surface area contributed by atoms with E-state index in [1.165, 1.54) is 11.8 Å². The molecule has 2 atom stereocenters. The highest BCUT2D eigenvalue weighted by molar-refractivity contribution is 8.01. The fourth-order valence-electron chi connectivity index (χ4n) is 1.91. The maximum atomic E-state index is 11.8. The van der Waals surface area contributed by atoms with Gasteiger partial charge in [-0.25, -0.2) is 4.79 Å². The van der Waals surface area contributed by atoms with Gasteiger partial charge in [-0.3, -0.25) is 4.79 Å². The number of rotatable bonds is 5. The molecule has 1 rings (SSSR count). The number of carboxylic acid groups (broad SMARTS) is 1. The van der Waals surface area contributed by atoms with Gasteiger partial charge in [-0.15, -0.1) is 11.8 Å². The van der Waals surface area contributed by atoms with Crippen molar-refractivity contribution in [3.63, 3.8) is 0 Å². The maximum absolute atomic E-state index is 11.8. The van der Waals surface area contributed by atoms with Gasteiger partial charge in [-0.1, -0.05) is 20.8 Å². The molecule has 0 bridgehead atoms. The van der Waals surface area contributed by atoms with Crippen molar-refractivity contribution in [1.82, 2.24) is 5.32 Å². The van der Waals surface area contributed by atoms with E-state index < -0.39 is 12.0 Å². The van der Waals surface area contributed by atoms with E-state index in [1.54, 1.807) is 0 Å². The first kappa shape index (κ1) is 16.3. The second-order valence-corrected chi connectivity index (χ2v) is 7.56. The molecule has 0 saturated carbocycles.